The molecular weight excluding hydrogens is 386 g/mol. The molecule has 1 aliphatic rings. The van der Waals surface area contributed by atoms with Gasteiger partial charge in [0.25, 0.3) is 5.56 Å². The number of methoxy groups -OCH3 is 1. The lowest BCUT2D eigenvalue weighted by Crippen LogP contribution is -2.36. The van der Waals surface area contributed by atoms with Crippen molar-refractivity contribution in [2.75, 3.05) is 23.1 Å². The molecule has 0 spiro atoms. The van der Waals surface area contributed by atoms with Gasteiger partial charge in [-0.1, -0.05) is 18.2 Å². The number of amides is 2. The van der Waals surface area contributed by atoms with Crippen LogP contribution in [-0.2, 0) is 9.59 Å². The fraction of sp³-hybridized carbons (Fsp3) is 0.143. The van der Waals surface area contributed by atoms with Crippen LogP contribution >= 0.6 is 0 Å². The molecule has 0 aliphatic carbocycles. The molecule has 1 atom stereocenters. The van der Waals surface area contributed by atoms with Crippen molar-refractivity contribution in [3.63, 3.8) is 0 Å². The molecule has 0 fully saturated rings. The third kappa shape index (κ3) is 4.00. The molecule has 1 aromatic heterocycles. The first kappa shape index (κ1) is 19.2. The number of carbonyl (C=O) groups excluding carboxylic acids is 2. The van der Waals surface area contributed by atoms with Crippen LogP contribution in [0.2, 0.25) is 0 Å². The van der Waals surface area contributed by atoms with E-state index in [9.17, 15) is 14.4 Å². The highest BCUT2D eigenvalue weighted by Gasteiger charge is 2.34. The average molecular weight is 405 g/mol. The van der Waals surface area contributed by atoms with Crippen molar-refractivity contribution in [2.45, 2.75) is 12.3 Å². The number of ether oxygens (including phenoxy) is 1. The van der Waals surface area contributed by atoms with Gasteiger partial charge < -0.3 is 20.7 Å². The zero-order valence-electron chi connectivity index (χ0n) is 16.1. The third-order valence-corrected chi connectivity index (χ3v) is 4.66. The highest BCUT2D eigenvalue weighted by molar-refractivity contribution is 6.04. The van der Waals surface area contributed by atoms with Crippen molar-refractivity contribution in [2.24, 2.45) is 0 Å². The number of aromatic nitrogens is 2. The molecular formula is C21H19N5O4. The summed E-state index contributed by atoms with van der Waals surface area (Å²) >= 11 is 0. The van der Waals surface area contributed by atoms with Crippen molar-refractivity contribution < 1.29 is 14.3 Å². The molecule has 1 unspecified atom stereocenters. The Bertz CT molecular complexity index is 1140. The minimum absolute atomic E-state index is 0.0725. The fourth-order valence-electron chi connectivity index (χ4n) is 3.22. The predicted molar refractivity (Wildman–Crippen MR) is 112 cm³/mol. The number of fused-ring (bicyclic) bond motifs is 1. The molecule has 9 heteroatoms. The van der Waals surface area contributed by atoms with E-state index in [1.54, 1.807) is 31.4 Å². The first-order valence-corrected chi connectivity index (χ1v) is 9.24. The number of para-hydroxylation sites is 1. The van der Waals surface area contributed by atoms with Crippen molar-refractivity contribution in [3.8, 4) is 5.75 Å². The lowest BCUT2D eigenvalue weighted by Gasteiger charge is -2.23. The van der Waals surface area contributed by atoms with E-state index in [1.807, 2.05) is 30.3 Å². The second kappa shape index (κ2) is 8.08. The number of hydrogen-bond donors (Lipinski definition) is 4. The molecule has 0 saturated carbocycles. The summed E-state index contributed by atoms with van der Waals surface area (Å²) in [5, 5.41) is 8.29. The van der Waals surface area contributed by atoms with Crippen LogP contribution in [0.5, 0.6) is 5.75 Å². The molecule has 0 saturated heterocycles. The van der Waals surface area contributed by atoms with Gasteiger partial charge in [-0.2, -0.15) is 4.98 Å². The summed E-state index contributed by atoms with van der Waals surface area (Å²) in [7, 11) is 1.55. The smallest absolute Gasteiger partial charge is 0.258 e. The minimum Gasteiger partial charge on any atom is -0.497 e. The quantitative estimate of drug-likeness (QED) is 0.517. The van der Waals surface area contributed by atoms with Gasteiger partial charge in [0.2, 0.25) is 17.8 Å². The Balaban J connectivity index is 1.61. The van der Waals surface area contributed by atoms with E-state index in [0.717, 1.165) is 5.69 Å². The Morgan fingerprint density at radius 3 is 2.50 bits per heavy atom. The number of nitrogens with zero attached hydrogens (tertiary/aromatic N) is 1. The van der Waals surface area contributed by atoms with Gasteiger partial charge in [-0.05, 0) is 36.4 Å². The number of nitrogens with one attached hydrogen (secondary N) is 4. The van der Waals surface area contributed by atoms with E-state index >= 15 is 0 Å². The number of aromatic amines is 1. The lowest BCUT2D eigenvalue weighted by molar-refractivity contribution is -0.123. The number of benzene rings is 2. The topological polar surface area (TPSA) is 125 Å². The predicted octanol–water partition coefficient (Wildman–Crippen LogP) is 2.59. The van der Waals surface area contributed by atoms with Crippen LogP contribution < -0.4 is 26.2 Å². The van der Waals surface area contributed by atoms with E-state index < -0.39 is 17.4 Å². The molecule has 9 nitrogen and oxygen atoms in total. The molecule has 30 heavy (non-hydrogen) atoms. The molecule has 4 N–H and O–H groups in total. The van der Waals surface area contributed by atoms with Crippen molar-refractivity contribution in [1.29, 1.82) is 0 Å². The normalized spacial score (nSPS) is 15.0. The van der Waals surface area contributed by atoms with E-state index in [2.05, 4.69) is 25.9 Å². The maximum atomic E-state index is 12.8. The number of anilines is 4. The zero-order valence-corrected chi connectivity index (χ0v) is 16.1. The summed E-state index contributed by atoms with van der Waals surface area (Å²) in [5.74, 6) is -0.925. The summed E-state index contributed by atoms with van der Waals surface area (Å²) in [6.45, 7) is 0. The molecule has 0 radical (unpaired) electrons. The lowest BCUT2D eigenvalue weighted by atomic mass is 9.92. The van der Waals surface area contributed by atoms with Gasteiger partial charge in [-0.25, -0.2) is 0 Å². The van der Waals surface area contributed by atoms with Crippen LogP contribution in [0.3, 0.4) is 0 Å². The zero-order chi connectivity index (χ0) is 21.1. The van der Waals surface area contributed by atoms with Crippen LogP contribution in [0.15, 0.2) is 59.4 Å². The molecule has 2 amide bonds. The maximum Gasteiger partial charge on any atom is 0.258 e. The molecule has 2 heterocycles. The third-order valence-electron chi connectivity index (χ3n) is 4.66. The second-order valence-electron chi connectivity index (χ2n) is 6.69. The van der Waals surface area contributed by atoms with Gasteiger partial charge >= 0.3 is 0 Å². The van der Waals surface area contributed by atoms with Gasteiger partial charge in [0, 0.05) is 17.8 Å². The Morgan fingerprint density at radius 1 is 1.07 bits per heavy atom. The van der Waals surface area contributed by atoms with Crippen LogP contribution in [0.1, 0.15) is 17.9 Å². The van der Waals surface area contributed by atoms with Gasteiger partial charge in [-0.3, -0.25) is 19.4 Å². The van der Waals surface area contributed by atoms with Crippen LogP contribution in [0, 0.1) is 0 Å². The summed E-state index contributed by atoms with van der Waals surface area (Å²) in [5.41, 5.74) is 0.879. The van der Waals surface area contributed by atoms with Crippen molar-refractivity contribution >= 4 is 35.0 Å². The van der Waals surface area contributed by atoms with Gasteiger partial charge in [0.05, 0.1) is 18.6 Å². The number of H-pyrrole nitrogens is 1. The summed E-state index contributed by atoms with van der Waals surface area (Å²) in [6, 6.07) is 15.9. The Hall–Kier alpha value is -4.14. The number of hydrogen-bond acceptors (Lipinski definition) is 6. The highest BCUT2D eigenvalue weighted by atomic mass is 16.5. The van der Waals surface area contributed by atoms with Crippen molar-refractivity contribution in [3.05, 3.63) is 70.5 Å². The minimum atomic E-state index is -0.960. The summed E-state index contributed by atoms with van der Waals surface area (Å²) < 4.78 is 5.10. The summed E-state index contributed by atoms with van der Waals surface area (Å²) in [6.07, 6.45) is -0.148. The Labute approximate surface area is 171 Å². The van der Waals surface area contributed by atoms with Gasteiger partial charge in [0.15, 0.2) is 0 Å². The maximum absolute atomic E-state index is 12.8. The monoisotopic (exact) mass is 405 g/mol. The largest absolute Gasteiger partial charge is 0.497 e. The fourth-order valence-corrected chi connectivity index (χ4v) is 3.22. The first-order chi connectivity index (χ1) is 14.5. The molecule has 4 rings (SSSR count). The Morgan fingerprint density at radius 2 is 1.80 bits per heavy atom. The molecule has 1 aliphatic heterocycles. The van der Waals surface area contributed by atoms with E-state index in [-0.39, 0.29) is 29.7 Å². The number of rotatable bonds is 5. The number of carbonyl (C=O) groups is 2. The van der Waals surface area contributed by atoms with Crippen LogP contribution in [0.4, 0.5) is 23.1 Å². The average Bonchev–Trinajstić information content (AvgIpc) is 2.74. The molecule has 152 valence electrons. The Kier molecular flexibility index (Phi) is 5.17. The van der Waals surface area contributed by atoms with E-state index in [4.69, 9.17) is 4.74 Å². The molecule has 2 aromatic carbocycles. The van der Waals surface area contributed by atoms with E-state index in [0.29, 0.717) is 11.4 Å². The van der Waals surface area contributed by atoms with Crippen LogP contribution in [0.25, 0.3) is 0 Å². The van der Waals surface area contributed by atoms with Gasteiger partial charge in [-0.15, -0.1) is 0 Å². The second-order valence-corrected chi connectivity index (χ2v) is 6.69. The standard InChI is InChI=1S/C21H19N5O4/c1-30-14-9-7-13(8-10-14)22-19(28)15-11-16(27)24-18-17(15)20(29)26-21(25-18)23-12-5-3-2-4-6-12/h2-10,15H,11H2,1H3,(H,22,28)(H3,23,24,25,26,27,29). The molecule has 0 bridgehead atoms. The SMILES string of the molecule is COc1ccc(NC(=O)C2CC(=O)Nc3nc(Nc4ccccc4)[nH]c(=O)c32)cc1. The first-order valence-electron chi connectivity index (χ1n) is 9.24. The molecule has 3 aromatic rings. The highest BCUT2D eigenvalue weighted by Crippen LogP contribution is 2.30. The summed E-state index contributed by atoms with van der Waals surface area (Å²) in [4.78, 5) is 44.7. The van der Waals surface area contributed by atoms with Crippen LogP contribution in [-0.4, -0.2) is 28.9 Å². The van der Waals surface area contributed by atoms with Gasteiger partial charge in [0.1, 0.15) is 11.6 Å². The van der Waals surface area contributed by atoms with Crippen molar-refractivity contribution in [1.82, 2.24) is 9.97 Å². The van der Waals surface area contributed by atoms with E-state index in [1.165, 1.54) is 0 Å².